The topological polar surface area (TPSA) is 49.7 Å². The molecule has 3 nitrogen and oxygen atoms in total. The molecule has 0 bridgehead atoms. The molecular formula is C6H10O3S. The molecule has 1 atom stereocenters. The second-order valence-electron chi connectivity index (χ2n) is 1.62. The van der Waals surface area contributed by atoms with E-state index < -0.39 is 12.7 Å². The van der Waals surface area contributed by atoms with Crippen molar-refractivity contribution in [1.82, 2.24) is 0 Å². The van der Waals surface area contributed by atoms with Crippen LogP contribution in [0.5, 0.6) is 0 Å². The van der Waals surface area contributed by atoms with Crippen molar-refractivity contribution in [2.24, 2.45) is 0 Å². The molecule has 0 spiro atoms. The molecule has 0 saturated carbocycles. The van der Waals surface area contributed by atoms with E-state index in [9.17, 15) is 0 Å². The molecule has 0 aromatic heterocycles. The van der Waals surface area contributed by atoms with Gasteiger partial charge in [0.1, 0.15) is 12.7 Å². The molecule has 58 valence electrons. The number of rotatable bonds is 4. The summed E-state index contributed by atoms with van der Waals surface area (Å²) in [6, 6.07) is 0. The molecule has 0 aromatic rings. The molecule has 0 heterocycles. The summed E-state index contributed by atoms with van der Waals surface area (Å²) in [5, 5.41) is 17.2. The molecule has 0 fully saturated rings. The average Bonchev–Trinajstić information content (AvgIpc) is 1.98. The molecule has 0 aliphatic heterocycles. The third-order valence-corrected chi connectivity index (χ3v) is 1.18. The lowest BCUT2D eigenvalue weighted by molar-refractivity contribution is 0.125. The first kappa shape index (κ1) is 9.55. The van der Waals surface area contributed by atoms with Crippen molar-refractivity contribution in [2.75, 3.05) is 13.2 Å². The van der Waals surface area contributed by atoms with Gasteiger partial charge in [-0.1, -0.05) is 12.7 Å². The maximum atomic E-state index is 8.80. The summed E-state index contributed by atoms with van der Waals surface area (Å²) in [6.07, 6.45) is 0.450. The Morgan fingerprint density at radius 3 is 2.80 bits per heavy atom. The van der Waals surface area contributed by atoms with Crippen molar-refractivity contribution in [2.45, 2.75) is 6.10 Å². The normalized spacial score (nSPS) is 12.2. The van der Waals surface area contributed by atoms with E-state index in [0.29, 0.717) is 0 Å². The van der Waals surface area contributed by atoms with Crippen LogP contribution in [0, 0.1) is 0 Å². The molecule has 0 aliphatic rings. The third-order valence-electron chi connectivity index (χ3n) is 0.788. The van der Waals surface area contributed by atoms with Crippen molar-refractivity contribution in [1.29, 1.82) is 0 Å². The van der Waals surface area contributed by atoms with Crippen molar-refractivity contribution >= 4 is 17.3 Å². The minimum absolute atomic E-state index is 0.00222. The van der Waals surface area contributed by atoms with Crippen LogP contribution in [0.3, 0.4) is 0 Å². The minimum Gasteiger partial charge on any atom is -0.480 e. The van der Waals surface area contributed by atoms with E-state index >= 15 is 0 Å². The molecule has 4 heteroatoms. The largest absolute Gasteiger partial charge is 0.480 e. The molecule has 0 aliphatic carbocycles. The van der Waals surface area contributed by atoms with Crippen LogP contribution >= 0.6 is 12.2 Å². The Morgan fingerprint density at radius 2 is 2.40 bits per heavy atom. The summed E-state index contributed by atoms with van der Waals surface area (Å²) in [5.41, 5.74) is 0. The predicted molar refractivity (Wildman–Crippen MR) is 41.8 cm³/mol. The quantitative estimate of drug-likeness (QED) is 0.446. The lowest BCUT2D eigenvalue weighted by atomic mass is 10.4. The lowest BCUT2D eigenvalue weighted by Gasteiger charge is -2.08. The first-order valence-electron chi connectivity index (χ1n) is 2.78. The highest BCUT2D eigenvalue weighted by Gasteiger charge is 2.08. The van der Waals surface area contributed by atoms with Gasteiger partial charge < -0.3 is 14.9 Å². The summed E-state index contributed by atoms with van der Waals surface area (Å²) in [6.45, 7) is 3.24. The van der Waals surface area contributed by atoms with Crippen LogP contribution in [0.4, 0.5) is 0 Å². The maximum absolute atomic E-state index is 8.80. The van der Waals surface area contributed by atoms with Crippen molar-refractivity contribution in [3.05, 3.63) is 12.7 Å². The van der Waals surface area contributed by atoms with Gasteiger partial charge in [-0.3, -0.25) is 0 Å². The third kappa shape index (κ3) is 3.55. The maximum Gasteiger partial charge on any atom is 0.191 e. The van der Waals surface area contributed by atoms with Gasteiger partial charge in [0, 0.05) is 0 Å². The fraction of sp³-hybridized carbons (Fsp3) is 0.500. The molecular weight excluding hydrogens is 152 g/mol. The van der Waals surface area contributed by atoms with Gasteiger partial charge in [-0.2, -0.15) is 0 Å². The molecule has 10 heavy (non-hydrogen) atoms. The van der Waals surface area contributed by atoms with Gasteiger partial charge in [0.05, 0.1) is 6.61 Å². The highest BCUT2D eigenvalue weighted by Crippen LogP contribution is 1.90. The molecule has 1 unspecified atom stereocenters. The summed E-state index contributed by atoms with van der Waals surface area (Å²) in [5.74, 6) is 0. The Labute approximate surface area is 64.9 Å². The number of aliphatic hydroxyl groups excluding tert-OH is 2. The second-order valence-corrected chi connectivity index (χ2v) is 2.02. The zero-order valence-electron chi connectivity index (χ0n) is 5.49. The summed E-state index contributed by atoms with van der Waals surface area (Å²) >= 11 is 4.56. The number of hydrogen-bond donors (Lipinski definition) is 2. The zero-order valence-corrected chi connectivity index (χ0v) is 6.30. The number of ether oxygens (including phenoxy) is 1. The van der Waals surface area contributed by atoms with Gasteiger partial charge in [-0.15, -0.1) is 0 Å². The molecule has 0 aromatic carbocycles. The number of hydrogen-bond acceptors (Lipinski definition) is 4. The van der Waals surface area contributed by atoms with E-state index in [2.05, 4.69) is 18.8 Å². The fourth-order valence-electron chi connectivity index (χ4n) is 0.312. The van der Waals surface area contributed by atoms with Crippen molar-refractivity contribution in [3.63, 3.8) is 0 Å². The average molecular weight is 162 g/mol. The van der Waals surface area contributed by atoms with Crippen LogP contribution in [-0.2, 0) is 4.74 Å². The monoisotopic (exact) mass is 162 g/mol. The van der Waals surface area contributed by atoms with E-state index in [1.54, 1.807) is 0 Å². The van der Waals surface area contributed by atoms with Gasteiger partial charge in [0.25, 0.3) is 0 Å². The summed E-state index contributed by atoms with van der Waals surface area (Å²) in [7, 11) is 0. The van der Waals surface area contributed by atoms with Gasteiger partial charge >= 0.3 is 0 Å². The first-order valence-corrected chi connectivity index (χ1v) is 3.19. The SMILES string of the molecule is C=CCOC(=S)C(O)CO. The van der Waals surface area contributed by atoms with Crippen LogP contribution < -0.4 is 0 Å². The Balaban J connectivity index is 3.51. The van der Waals surface area contributed by atoms with E-state index in [1.165, 1.54) is 6.08 Å². The van der Waals surface area contributed by atoms with E-state index in [4.69, 9.17) is 14.9 Å². The number of thiocarbonyl (C=S) groups is 1. The van der Waals surface area contributed by atoms with E-state index in [-0.39, 0.29) is 11.7 Å². The van der Waals surface area contributed by atoms with Crippen LogP contribution in [0.1, 0.15) is 0 Å². The summed E-state index contributed by atoms with van der Waals surface area (Å²) in [4.78, 5) is 0. The predicted octanol–water partition coefficient (Wildman–Crippen LogP) is -0.130. The smallest absolute Gasteiger partial charge is 0.191 e. The molecule has 0 radical (unpaired) electrons. The van der Waals surface area contributed by atoms with Crippen molar-refractivity contribution in [3.8, 4) is 0 Å². The van der Waals surface area contributed by atoms with E-state index in [0.717, 1.165) is 0 Å². The minimum atomic E-state index is -1.06. The number of aliphatic hydroxyl groups is 2. The highest BCUT2D eigenvalue weighted by atomic mass is 32.1. The fourth-order valence-corrected chi connectivity index (χ4v) is 0.454. The van der Waals surface area contributed by atoms with Gasteiger partial charge in [0.2, 0.25) is 0 Å². The molecule has 2 N–H and O–H groups in total. The summed E-state index contributed by atoms with van der Waals surface area (Å²) < 4.78 is 4.75. The Kier molecular flexibility index (Phi) is 5.10. The highest BCUT2D eigenvalue weighted by molar-refractivity contribution is 7.80. The molecule has 0 amide bonds. The Bertz CT molecular complexity index is 124. The van der Waals surface area contributed by atoms with Gasteiger partial charge in [0.15, 0.2) is 5.05 Å². The molecule has 0 rings (SSSR count). The Morgan fingerprint density at radius 1 is 1.80 bits per heavy atom. The van der Waals surface area contributed by atoms with Gasteiger partial charge in [-0.05, 0) is 12.2 Å². The first-order chi connectivity index (χ1) is 4.72. The van der Waals surface area contributed by atoms with Crippen LogP contribution in [0.2, 0.25) is 0 Å². The van der Waals surface area contributed by atoms with Crippen LogP contribution in [-0.4, -0.2) is 34.6 Å². The van der Waals surface area contributed by atoms with Crippen LogP contribution in [0.15, 0.2) is 12.7 Å². The van der Waals surface area contributed by atoms with Gasteiger partial charge in [-0.25, -0.2) is 0 Å². The Hall–Kier alpha value is -0.450. The second kappa shape index (κ2) is 5.34. The van der Waals surface area contributed by atoms with E-state index in [1.807, 2.05) is 0 Å². The zero-order chi connectivity index (χ0) is 7.98. The standard InChI is InChI=1S/C6H10O3S/c1-2-3-9-6(10)5(8)4-7/h2,5,7-8H,1,3-4H2. The molecule has 0 saturated heterocycles. The van der Waals surface area contributed by atoms with Crippen LogP contribution in [0.25, 0.3) is 0 Å². The van der Waals surface area contributed by atoms with Crippen molar-refractivity contribution < 1.29 is 14.9 Å². The lowest BCUT2D eigenvalue weighted by Crippen LogP contribution is -2.24.